The first kappa shape index (κ1) is 27.8. The molecule has 2 heterocycles. The number of aryl methyl sites for hydroxylation is 4. The summed E-state index contributed by atoms with van der Waals surface area (Å²) >= 11 is 1.39. The summed E-state index contributed by atoms with van der Waals surface area (Å²) in [7, 11) is 0. The molecule has 0 saturated heterocycles. The highest BCUT2D eigenvalue weighted by atomic mass is 32.1. The number of carbonyl (C=O) groups is 1. The number of hydrogen-bond acceptors (Lipinski definition) is 5. The zero-order valence-electron chi connectivity index (χ0n) is 22.5. The van der Waals surface area contributed by atoms with E-state index in [-0.39, 0.29) is 5.75 Å². The van der Waals surface area contributed by atoms with Crippen molar-refractivity contribution in [2.45, 2.75) is 34.1 Å². The van der Waals surface area contributed by atoms with Gasteiger partial charge < -0.3 is 10.1 Å². The number of rotatable bonds is 5. The second-order valence-corrected chi connectivity index (χ2v) is 10.3. The number of alkyl halides is 3. The summed E-state index contributed by atoms with van der Waals surface area (Å²) in [6.45, 7) is 8.13. The maximum atomic E-state index is 12.8. The van der Waals surface area contributed by atoms with Crippen molar-refractivity contribution in [1.29, 1.82) is 0 Å². The van der Waals surface area contributed by atoms with E-state index in [4.69, 9.17) is 0 Å². The van der Waals surface area contributed by atoms with Crippen molar-refractivity contribution in [3.05, 3.63) is 99.6 Å². The van der Waals surface area contributed by atoms with E-state index in [1.54, 1.807) is 24.3 Å². The highest BCUT2D eigenvalue weighted by Crippen LogP contribution is 2.25. The summed E-state index contributed by atoms with van der Waals surface area (Å²) in [6.07, 6.45) is -3.30. The lowest BCUT2D eigenvalue weighted by Gasteiger charge is -2.14. The second-order valence-electron chi connectivity index (χ2n) is 9.42. The van der Waals surface area contributed by atoms with Gasteiger partial charge in [-0.1, -0.05) is 17.7 Å². The summed E-state index contributed by atoms with van der Waals surface area (Å²) in [5.41, 5.74) is 7.13. The first-order valence-corrected chi connectivity index (χ1v) is 13.3. The third-order valence-electron chi connectivity index (χ3n) is 6.16. The van der Waals surface area contributed by atoms with Crippen molar-refractivity contribution in [2.75, 3.05) is 5.32 Å². The lowest BCUT2D eigenvalue weighted by Crippen LogP contribution is -2.20. The molecule has 5 aromatic rings. The number of benzene rings is 3. The predicted octanol–water partition coefficient (Wildman–Crippen LogP) is 7.05. The average molecular weight is 579 g/mol. The minimum Gasteiger partial charge on any atom is -0.406 e. The zero-order chi connectivity index (χ0) is 29.3. The number of anilines is 1. The fourth-order valence-corrected chi connectivity index (χ4v) is 5.39. The molecule has 3 aromatic carbocycles. The number of halogens is 3. The van der Waals surface area contributed by atoms with Gasteiger partial charge in [-0.3, -0.25) is 4.57 Å². The molecule has 0 saturated carbocycles. The smallest absolute Gasteiger partial charge is 0.406 e. The molecular weight excluding hydrogens is 553 g/mol. The molecule has 41 heavy (non-hydrogen) atoms. The van der Waals surface area contributed by atoms with Crippen LogP contribution in [0.15, 0.2) is 77.4 Å². The second kappa shape index (κ2) is 11.0. The molecule has 0 bridgehead atoms. The van der Waals surface area contributed by atoms with Crippen LogP contribution in [0.4, 0.5) is 23.7 Å². The van der Waals surface area contributed by atoms with Crippen molar-refractivity contribution in [3.63, 3.8) is 0 Å². The number of urea groups is 1. The Hall–Kier alpha value is -4.71. The van der Waals surface area contributed by atoms with E-state index in [0.29, 0.717) is 27.6 Å². The van der Waals surface area contributed by atoms with Crippen LogP contribution in [0.5, 0.6) is 5.75 Å². The highest BCUT2D eigenvalue weighted by molar-refractivity contribution is 7.07. The lowest BCUT2D eigenvalue weighted by atomic mass is 10.0. The molecule has 0 aliphatic rings. The molecule has 5 rings (SSSR count). The molecule has 1 N–H and O–H groups in total. The van der Waals surface area contributed by atoms with Gasteiger partial charge in [-0.15, -0.1) is 29.6 Å². The Morgan fingerprint density at radius 2 is 1.63 bits per heavy atom. The van der Waals surface area contributed by atoms with Gasteiger partial charge >= 0.3 is 12.4 Å². The largest absolute Gasteiger partial charge is 0.573 e. The van der Waals surface area contributed by atoms with Gasteiger partial charge in [0, 0.05) is 22.3 Å². The van der Waals surface area contributed by atoms with Crippen LogP contribution in [0.25, 0.3) is 22.8 Å². The van der Waals surface area contributed by atoms with Gasteiger partial charge in [0.15, 0.2) is 10.6 Å². The molecule has 0 atom stereocenters. The van der Waals surface area contributed by atoms with Gasteiger partial charge in [0.05, 0.1) is 11.4 Å². The number of ether oxygens (including phenoxy) is 1. The number of hydrogen-bond donors (Lipinski definition) is 1. The van der Waals surface area contributed by atoms with E-state index < -0.39 is 12.4 Å². The average Bonchev–Trinajstić information content (AvgIpc) is 3.51. The summed E-state index contributed by atoms with van der Waals surface area (Å²) in [5, 5.41) is 9.16. The van der Waals surface area contributed by atoms with E-state index in [9.17, 15) is 18.0 Å². The normalized spacial score (nSPS) is 12.0. The fraction of sp³-hybridized carbons (Fsp3) is 0.172. The van der Waals surface area contributed by atoms with Gasteiger partial charge in [-0.05, 0) is 87.4 Å². The third kappa shape index (κ3) is 6.38. The number of nitrogens with zero attached hydrogens (tertiary/aromatic N) is 5. The Morgan fingerprint density at radius 3 is 2.27 bits per heavy atom. The fourth-order valence-electron chi connectivity index (χ4n) is 4.53. The van der Waals surface area contributed by atoms with Crippen molar-refractivity contribution in [2.24, 2.45) is 4.99 Å². The van der Waals surface area contributed by atoms with Gasteiger partial charge in [0.25, 0.3) is 0 Å². The quantitative estimate of drug-likeness (QED) is 0.242. The molecule has 0 radical (unpaired) electrons. The topological polar surface area (TPSA) is 86.3 Å². The van der Waals surface area contributed by atoms with Crippen LogP contribution >= 0.6 is 11.3 Å². The minimum absolute atomic E-state index is 0.324. The molecule has 0 unspecified atom stereocenters. The van der Waals surface area contributed by atoms with Gasteiger partial charge in [0.2, 0.25) is 0 Å². The monoisotopic (exact) mass is 578 g/mol. The minimum atomic E-state index is -4.76. The van der Waals surface area contributed by atoms with Crippen molar-refractivity contribution < 1.29 is 22.7 Å². The van der Waals surface area contributed by atoms with Crippen molar-refractivity contribution >= 4 is 23.1 Å². The van der Waals surface area contributed by atoms with E-state index in [1.165, 1.54) is 52.2 Å². The molecular formula is C29H25F3N6O2S. The molecule has 12 heteroatoms. The number of thiazole rings is 1. The molecule has 0 spiro atoms. The molecule has 2 aromatic heterocycles. The standard InChI is InChI=1S/C29H25F3N6O2S/c1-17-13-18(2)25(19(3)14-17)38-20(4)15-41-28(38)35-27(39)34-22-7-5-21(6-8-22)26-33-16-37(36-26)23-9-11-24(12-10-23)40-29(30,31)32/h5-16H,1-4H3,(H,34,39). The summed E-state index contributed by atoms with van der Waals surface area (Å²) in [5.74, 6) is 0.0810. The van der Waals surface area contributed by atoms with Crippen LogP contribution in [0, 0.1) is 27.7 Å². The molecule has 8 nitrogen and oxygen atoms in total. The van der Waals surface area contributed by atoms with Crippen LogP contribution in [0.2, 0.25) is 0 Å². The van der Waals surface area contributed by atoms with Crippen LogP contribution < -0.4 is 14.9 Å². The van der Waals surface area contributed by atoms with Crippen LogP contribution in [-0.2, 0) is 0 Å². The third-order valence-corrected chi connectivity index (χ3v) is 7.10. The van der Waals surface area contributed by atoms with E-state index in [2.05, 4.69) is 44.2 Å². The number of amides is 2. The van der Waals surface area contributed by atoms with Crippen LogP contribution in [0.1, 0.15) is 22.4 Å². The highest BCUT2D eigenvalue weighted by Gasteiger charge is 2.31. The molecule has 0 aliphatic carbocycles. The van der Waals surface area contributed by atoms with Gasteiger partial charge in [-0.25, -0.2) is 14.5 Å². The van der Waals surface area contributed by atoms with E-state index in [1.807, 2.05) is 30.7 Å². The van der Waals surface area contributed by atoms with Gasteiger partial charge in [0.1, 0.15) is 12.1 Å². The summed E-state index contributed by atoms with van der Waals surface area (Å²) in [6, 6.07) is 16.0. The Bertz CT molecular complexity index is 1760. The Labute approximate surface area is 237 Å². The van der Waals surface area contributed by atoms with Crippen molar-refractivity contribution in [3.8, 4) is 28.5 Å². The Morgan fingerprint density at radius 1 is 0.976 bits per heavy atom. The predicted molar refractivity (Wildman–Crippen MR) is 151 cm³/mol. The van der Waals surface area contributed by atoms with Gasteiger partial charge in [-0.2, -0.15) is 4.99 Å². The lowest BCUT2D eigenvalue weighted by molar-refractivity contribution is -0.274. The Balaban J connectivity index is 1.30. The molecule has 0 aliphatic heterocycles. The SMILES string of the molecule is Cc1cc(C)c(-n2c(C)csc2=NC(=O)Nc2ccc(-c3ncn(-c4ccc(OC(F)(F)F)cc4)n3)cc2)c(C)c1. The zero-order valence-corrected chi connectivity index (χ0v) is 23.3. The van der Waals surface area contributed by atoms with Crippen LogP contribution in [0.3, 0.4) is 0 Å². The van der Waals surface area contributed by atoms with E-state index >= 15 is 0 Å². The molecule has 210 valence electrons. The summed E-state index contributed by atoms with van der Waals surface area (Å²) < 4.78 is 44.5. The van der Waals surface area contributed by atoms with E-state index in [0.717, 1.165) is 22.5 Å². The first-order chi connectivity index (χ1) is 19.5. The first-order valence-electron chi connectivity index (χ1n) is 12.5. The number of carbonyl (C=O) groups excluding carboxylic acids is 1. The maximum Gasteiger partial charge on any atom is 0.573 e. The Kier molecular flexibility index (Phi) is 7.50. The maximum absolute atomic E-state index is 12.8. The number of nitrogens with one attached hydrogen (secondary N) is 1. The molecule has 2 amide bonds. The number of aromatic nitrogens is 4. The summed E-state index contributed by atoms with van der Waals surface area (Å²) in [4.78, 5) is 22.0. The van der Waals surface area contributed by atoms with Crippen molar-refractivity contribution in [1.82, 2.24) is 19.3 Å². The molecule has 0 fully saturated rings. The van der Waals surface area contributed by atoms with Crippen LogP contribution in [-0.4, -0.2) is 31.7 Å².